The minimum atomic E-state index is 0. The van der Waals surface area contributed by atoms with Gasteiger partial charge in [0.2, 0.25) is 0 Å². The number of rotatable bonds is 0. The minimum Gasteiger partial charge on any atom is -1.00 e. The molecule has 0 fully saturated rings. The molecule has 0 radical (unpaired) electrons. The fourth-order valence-corrected chi connectivity index (χ4v) is 1.03. The molecular formula is C8H8N3Na. The fourth-order valence-electron chi connectivity index (χ4n) is 1.03. The Bertz CT molecular complexity index is 389. The van der Waals surface area contributed by atoms with Gasteiger partial charge in [0.25, 0.3) is 0 Å². The number of fused-ring (bicyclic) bond motifs is 1. The zero-order valence-electron chi connectivity index (χ0n) is 7.86. The van der Waals surface area contributed by atoms with Crippen LogP contribution in [0.3, 0.4) is 0 Å². The van der Waals surface area contributed by atoms with Crippen LogP contribution in [0.2, 0.25) is 0 Å². The van der Waals surface area contributed by atoms with Crippen molar-refractivity contribution >= 4 is 16.7 Å². The van der Waals surface area contributed by atoms with Crippen molar-refractivity contribution < 1.29 is 31.0 Å². The van der Waals surface area contributed by atoms with Crippen molar-refractivity contribution in [2.24, 2.45) is 0 Å². The van der Waals surface area contributed by atoms with Gasteiger partial charge in [-0.2, -0.15) is 0 Å². The SMILES string of the molecule is Nc1ncnc2ccccc12.[H-].[Na+]. The molecule has 3 nitrogen and oxygen atoms in total. The third kappa shape index (κ3) is 1.58. The second kappa shape index (κ2) is 3.85. The summed E-state index contributed by atoms with van der Waals surface area (Å²) in [5, 5.41) is 0.912. The van der Waals surface area contributed by atoms with Gasteiger partial charge in [-0.15, -0.1) is 0 Å². The predicted molar refractivity (Wildman–Crippen MR) is 45.1 cm³/mol. The normalized spacial score (nSPS) is 9.33. The van der Waals surface area contributed by atoms with Crippen molar-refractivity contribution in [3.05, 3.63) is 30.6 Å². The van der Waals surface area contributed by atoms with E-state index < -0.39 is 0 Å². The summed E-state index contributed by atoms with van der Waals surface area (Å²) in [7, 11) is 0. The van der Waals surface area contributed by atoms with Crippen LogP contribution in [0, 0.1) is 0 Å². The molecule has 2 N–H and O–H groups in total. The molecular weight excluding hydrogens is 161 g/mol. The van der Waals surface area contributed by atoms with Gasteiger partial charge in [0.15, 0.2) is 0 Å². The molecule has 2 aromatic rings. The van der Waals surface area contributed by atoms with Crippen LogP contribution < -0.4 is 35.3 Å². The second-order valence-electron chi connectivity index (χ2n) is 2.28. The molecule has 1 heterocycles. The Morgan fingerprint density at radius 1 is 1.17 bits per heavy atom. The standard InChI is InChI=1S/C8H7N3.Na.H/c9-8-6-3-1-2-4-7(6)10-5-11-8;;/h1-5H,(H2,9,10,11);;/q;+1;-1. The van der Waals surface area contributed by atoms with Gasteiger partial charge in [0.1, 0.15) is 12.1 Å². The zero-order chi connectivity index (χ0) is 7.68. The first-order valence-electron chi connectivity index (χ1n) is 3.33. The first-order valence-corrected chi connectivity index (χ1v) is 3.33. The van der Waals surface area contributed by atoms with E-state index >= 15 is 0 Å². The number of hydrogen-bond donors (Lipinski definition) is 1. The molecule has 0 amide bonds. The first-order chi connectivity index (χ1) is 5.38. The summed E-state index contributed by atoms with van der Waals surface area (Å²) in [6.45, 7) is 0. The Hall–Kier alpha value is -0.640. The maximum atomic E-state index is 5.61. The van der Waals surface area contributed by atoms with Crippen molar-refractivity contribution in [2.75, 3.05) is 5.73 Å². The molecule has 0 spiro atoms. The van der Waals surface area contributed by atoms with Crippen LogP contribution in [0.4, 0.5) is 5.82 Å². The van der Waals surface area contributed by atoms with E-state index in [9.17, 15) is 0 Å². The number of para-hydroxylation sites is 1. The number of nitrogens with two attached hydrogens (primary N) is 1. The number of nitrogens with zero attached hydrogens (tertiary/aromatic N) is 2. The monoisotopic (exact) mass is 169 g/mol. The van der Waals surface area contributed by atoms with E-state index in [1.165, 1.54) is 6.33 Å². The Balaban J connectivity index is 0.000000720. The Morgan fingerprint density at radius 2 is 1.92 bits per heavy atom. The topological polar surface area (TPSA) is 51.8 Å². The van der Waals surface area contributed by atoms with E-state index in [0.717, 1.165) is 10.9 Å². The van der Waals surface area contributed by atoms with E-state index in [1.54, 1.807) is 0 Å². The molecule has 1 aromatic heterocycles. The van der Waals surface area contributed by atoms with Crippen LogP contribution in [0.25, 0.3) is 10.9 Å². The average Bonchev–Trinajstić information content (AvgIpc) is 2.06. The molecule has 2 rings (SSSR count). The third-order valence-corrected chi connectivity index (χ3v) is 1.57. The van der Waals surface area contributed by atoms with Gasteiger partial charge in [0.05, 0.1) is 5.52 Å². The number of anilines is 1. The van der Waals surface area contributed by atoms with Crippen LogP contribution >= 0.6 is 0 Å². The van der Waals surface area contributed by atoms with Crippen LogP contribution in [0.15, 0.2) is 30.6 Å². The molecule has 4 heteroatoms. The van der Waals surface area contributed by atoms with Crippen LogP contribution in [0.1, 0.15) is 1.43 Å². The Kier molecular flexibility index (Phi) is 3.03. The van der Waals surface area contributed by atoms with Gasteiger partial charge in [-0.1, -0.05) is 12.1 Å². The summed E-state index contributed by atoms with van der Waals surface area (Å²) in [5.74, 6) is 0.538. The molecule has 0 aliphatic heterocycles. The van der Waals surface area contributed by atoms with Crippen LogP contribution in [0.5, 0.6) is 0 Å². The second-order valence-corrected chi connectivity index (χ2v) is 2.28. The van der Waals surface area contributed by atoms with E-state index in [4.69, 9.17) is 5.73 Å². The number of benzene rings is 1. The average molecular weight is 169 g/mol. The van der Waals surface area contributed by atoms with Gasteiger partial charge in [-0.3, -0.25) is 0 Å². The van der Waals surface area contributed by atoms with Crippen molar-refractivity contribution in [1.82, 2.24) is 9.97 Å². The summed E-state index contributed by atoms with van der Waals surface area (Å²) in [6, 6.07) is 7.66. The van der Waals surface area contributed by atoms with E-state index in [-0.39, 0.29) is 31.0 Å². The molecule has 56 valence electrons. The molecule has 0 aliphatic rings. The van der Waals surface area contributed by atoms with Crippen molar-refractivity contribution in [1.29, 1.82) is 0 Å². The van der Waals surface area contributed by atoms with Crippen molar-refractivity contribution in [2.45, 2.75) is 0 Å². The number of nitrogen functional groups attached to an aromatic ring is 1. The molecule has 0 unspecified atom stereocenters. The van der Waals surface area contributed by atoms with E-state index in [0.29, 0.717) is 5.82 Å². The number of aromatic nitrogens is 2. The smallest absolute Gasteiger partial charge is 1.00 e. The summed E-state index contributed by atoms with van der Waals surface area (Å²) >= 11 is 0. The van der Waals surface area contributed by atoms with Crippen LogP contribution in [-0.4, -0.2) is 9.97 Å². The Labute approximate surface area is 93.8 Å². The molecule has 0 saturated carbocycles. The molecule has 0 atom stereocenters. The minimum absolute atomic E-state index is 0. The van der Waals surface area contributed by atoms with Gasteiger partial charge in [-0.05, 0) is 12.1 Å². The quantitative estimate of drug-likeness (QED) is 0.480. The molecule has 0 bridgehead atoms. The van der Waals surface area contributed by atoms with E-state index in [1.807, 2.05) is 24.3 Å². The molecule has 12 heavy (non-hydrogen) atoms. The summed E-state index contributed by atoms with van der Waals surface area (Å²) < 4.78 is 0. The van der Waals surface area contributed by atoms with Gasteiger partial charge >= 0.3 is 29.6 Å². The van der Waals surface area contributed by atoms with Crippen molar-refractivity contribution in [3.63, 3.8) is 0 Å². The number of hydrogen-bond acceptors (Lipinski definition) is 3. The summed E-state index contributed by atoms with van der Waals surface area (Å²) in [5.41, 5.74) is 6.49. The zero-order valence-corrected chi connectivity index (χ0v) is 8.86. The molecule has 0 saturated heterocycles. The van der Waals surface area contributed by atoms with E-state index in [2.05, 4.69) is 9.97 Å². The predicted octanol–water partition coefficient (Wildman–Crippen LogP) is -1.67. The van der Waals surface area contributed by atoms with Gasteiger partial charge in [0, 0.05) is 5.39 Å². The third-order valence-electron chi connectivity index (χ3n) is 1.57. The molecule has 1 aromatic carbocycles. The summed E-state index contributed by atoms with van der Waals surface area (Å²) in [4.78, 5) is 7.92. The maximum Gasteiger partial charge on any atom is 1.00 e. The maximum absolute atomic E-state index is 5.61. The fraction of sp³-hybridized carbons (Fsp3) is 0. The van der Waals surface area contributed by atoms with Gasteiger partial charge in [-0.25, -0.2) is 9.97 Å². The Morgan fingerprint density at radius 3 is 2.67 bits per heavy atom. The van der Waals surface area contributed by atoms with Gasteiger partial charge < -0.3 is 7.16 Å². The largest absolute Gasteiger partial charge is 1.00 e. The van der Waals surface area contributed by atoms with Crippen molar-refractivity contribution in [3.8, 4) is 0 Å². The first kappa shape index (κ1) is 9.45. The van der Waals surface area contributed by atoms with Crippen LogP contribution in [-0.2, 0) is 0 Å². The summed E-state index contributed by atoms with van der Waals surface area (Å²) in [6.07, 6.45) is 1.47. The molecule has 0 aliphatic carbocycles.